The van der Waals surface area contributed by atoms with Gasteiger partial charge in [-0.05, 0) is 13.0 Å². The molecule has 1 atom stereocenters. The van der Waals surface area contributed by atoms with E-state index in [1.165, 1.54) is 0 Å². The number of hydrogen-bond donors (Lipinski definition) is 2. The average Bonchev–Trinajstić information content (AvgIpc) is 1.97. The normalized spacial score (nSPS) is 12.5. The number of nitrogens with one attached hydrogen (secondary N) is 1. The maximum atomic E-state index is 10.5. The zero-order valence-electron chi connectivity index (χ0n) is 6.97. The molecule has 0 aliphatic carbocycles. The van der Waals surface area contributed by atoms with Gasteiger partial charge in [0.1, 0.15) is 0 Å². The highest BCUT2D eigenvalue weighted by atomic mass is 16.1. The second-order valence-electron chi connectivity index (χ2n) is 2.58. The lowest BCUT2D eigenvalue weighted by Gasteiger charge is -2.06. The van der Waals surface area contributed by atoms with E-state index < -0.39 is 0 Å². The van der Waals surface area contributed by atoms with Gasteiger partial charge in [0.25, 0.3) is 0 Å². The van der Waals surface area contributed by atoms with E-state index in [1.54, 1.807) is 0 Å². The highest BCUT2D eigenvalue weighted by Gasteiger charge is 2.05. The van der Waals surface area contributed by atoms with E-state index in [2.05, 4.69) is 11.9 Å². The molecule has 0 heterocycles. The first-order valence-electron chi connectivity index (χ1n) is 3.79. The first-order valence-corrected chi connectivity index (χ1v) is 3.79. The summed E-state index contributed by atoms with van der Waals surface area (Å²) < 4.78 is 0. The lowest BCUT2D eigenvalue weighted by molar-refractivity contribution is -0.121. The van der Waals surface area contributed by atoms with Gasteiger partial charge in [0.05, 0.1) is 0 Å². The fraction of sp³-hybridized carbons (Fsp3) is 0.625. The maximum Gasteiger partial charge on any atom is 0.221 e. The van der Waals surface area contributed by atoms with Crippen molar-refractivity contribution < 1.29 is 4.79 Å². The van der Waals surface area contributed by atoms with E-state index in [9.17, 15) is 4.79 Å². The minimum absolute atomic E-state index is 0.0835. The molecule has 0 bridgehead atoms. The molecule has 1 unspecified atom stereocenters. The second-order valence-corrected chi connectivity index (χ2v) is 2.58. The van der Waals surface area contributed by atoms with Crippen molar-refractivity contribution in [1.29, 1.82) is 0 Å². The number of primary amides is 1. The van der Waals surface area contributed by atoms with Crippen molar-refractivity contribution in [2.45, 2.75) is 13.3 Å². The molecular formula is C8H16N2O. The molecule has 0 radical (unpaired) electrons. The molecule has 0 aromatic heterocycles. The van der Waals surface area contributed by atoms with E-state index in [4.69, 9.17) is 5.73 Å². The van der Waals surface area contributed by atoms with Crippen LogP contribution in [0, 0.1) is 5.92 Å². The second kappa shape index (κ2) is 5.92. The van der Waals surface area contributed by atoms with Crippen molar-refractivity contribution in [3.63, 3.8) is 0 Å². The minimum Gasteiger partial charge on any atom is -0.369 e. The summed E-state index contributed by atoms with van der Waals surface area (Å²) in [5.74, 6) is -0.337. The van der Waals surface area contributed by atoms with Gasteiger partial charge in [-0.1, -0.05) is 13.0 Å². The van der Waals surface area contributed by atoms with Gasteiger partial charge in [0.15, 0.2) is 0 Å². The summed E-state index contributed by atoms with van der Waals surface area (Å²) in [4.78, 5) is 10.5. The fourth-order valence-electron chi connectivity index (χ4n) is 0.623. The number of rotatable bonds is 6. The summed E-state index contributed by atoms with van der Waals surface area (Å²) in [5, 5.41) is 3.10. The van der Waals surface area contributed by atoms with Crippen molar-refractivity contribution in [3.05, 3.63) is 12.7 Å². The Bertz CT molecular complexity index is 134. The quantitative estimate of drug-likeness (QED) is 0.428. The van der Waals surface area contributed by atoms with Gasteiger partial charge >= 0.3 is 0 Å². The Morgan fingerprint density at radius 1 is 1.82 bits per heavy atom. The summed E-state index contributed by atoms with van der Waals surface area (Å²) in [6.07, 6.45) is 2.76. The van der Waals surface area contributed by atoms with Crippen molar-refractivity contribution in [1.82, 2.24) is 5.32 Å². The molecular weight excluding hydrogens is 140 g/mol. The van der Waals surface area contributed by atoms with Crippen LogP contribution in [0.15, 0.2) is 12.7 Å². The molecule has 0 aromatic carbocycles. The predicted octanol–water partition coefficient (Wildman–Crippen LogP) is 0.273. The Labute approximate surface area is 67.7 Å². The third kappa shape index (κ3) is 5.61. The van der Waals surface area contributed by atoms with Crippen molar-refractivity contribution in [3.8, 4) is 0 Å². The van der Waals surface area contributed by atoms with Crippen LogP contribution in [0.4, 0.5) is 0 Å². The monoisotopic (exact) mass is 156 g/mol. The van der Waals surface area contributed by atoms with Crippen LogP contribution < -0.4 is 11.1 Å². The third-order valence-corrected chi connectivity index (χ3v) is 1.46. The molecule has 11 heavy (non-hydrogen) atoms. The molecule has 0 rings (SSSR count). The Balaban J connectivity index is 3.24. The predicted molar refractivity (Wildman–Crippen MR) is 46.0 cm³/mol. The van der Waals surface area contributed by atoms with Crippen LogP contribution in [-0.4, -0.2) is 19.0 Å². The Morgan fingerprint density at radius 3 is 2.91 bits per heavy atom. The zero-order valence-corrected chi connectivity index (χ0v) is 6.97. The summed E-state index contributed by atoms with van der Waals surface area (Å²) >= 11 is 0. The maximum absolute atomic E-state index is 10.5. The lowest BCUT2D eigenvalue weighted by Crippen LogP contribution is -2.31. The number of carbonyl (C=O) groups excluding carboxylic acids is 1. The Hall–Kier alpha value is -0.830. The van der Waals surface area contributed by atoms with E-state index in [0.29, 0.717) is 6.54 Å². The van der Waals surface area contributed by atoms with E-state index in [0.717, 1.165) is 13.0 Å². The number of hydrogen-bond acceptors (Lipinski definition) is 2. The fourth-order valence-corrected chi connectivity index (χ4v) is 0.623. The molecule has 1 amide bonds. The molecule has 3 heteroatoms. The highest BCUT2D eigenvalue weighted by molar-refractivity contribution is 5.76. The molecule has 0 aromatic rings. The minimum atomic E-state index is -0.254. The number of carbonyl (C=O) groups is 1. The number of amides is 1. The largest absolute Gasteiger partial charge is 0.369 e. The van der Waals surface area contributed by atoms with E-state index in [1.807, 2.05) is 13.0 Å². The highest BCUT2D eigenvalue weighted by Crippen LogP contribution is 1.89. The van der Waals surface area contributed by atoms with Gasteiger partial charge in [0, 0.05) is 12.5 Å². The van der Waals surface area contributed by atoms with E-state index >= 15 is 0 Å². The smallest absolute Gasteiger partial charge is 0.221 e. The van der Waals surface area contributed by atoms with Crippen LogP contribution in [-0.2, 0) is 4.79 Å². The Morgan fingerprint density at radius 2 is 2.45 bits per heavy atom. The first-order chi connectivity index (χ1) is 5.18. The topological polar surface area (TPSA) is 55.1 Å². The molecule has 0 aliphatic heterocycles. The van der Waals surface area contributed by atoms with Gasteiger partial charge < -0.3 is 11.1 Å². The van der Waals surface area contributed by atoms with Gasteiger partial charge in [0.2, 0.25) is 5.91 Å². The summed E-state index contributed by atoms with van der Waals surface area (Å²) in [5.41, 5.74) is 5.05. The zero-order chi connectivity index (χ0) is 8.69. The molecule has 0 spiro atoms. The van der Waals surface area contributed by atoms with Crippen LogP contribution in [0.2, 0.25) is 0 Å². The van der Waals surface area contributed by atoms with Crippen molar-refractivity contribution in [2.24, 2.45) is 11.7 Å². The number of nitrogens with two attached hydrogens (primary N) is 1. The Kier molecular flexibility index (Phi) is 5.47. The van der Waals surface area contributed by atoms with Gasteiger partial charge in [-0.3, -0.25) is 4.79 Å². The molecule has 64 valence electrons. The molecule has 0 fully saturated rings. The summed E-state index contributed by atoms with van der Waals surface area (Å²) in [6, 6.07) is 0. The third-order valence-electron chi connectivity index (χ3n) is 1.46. The molecule has 3 nitrogen and oxygen atoms in total. The van der Waals surface area contributed by atoms with E-state index in [-0.39, 0.29) is 11.8 Å². The SMILES string of the molecule is C=CCCNCC(C)C(N)=O. The van der Waals surface area contributed by atoms with Crippen LogP contribution in [0.25, 0.3) is 0 Å². The van der Waals surface area contributed by atoms with Gasteiger partial charge in [-0.25, -0.2) is 0 Å². The lowest BCUT2D eigenvalue weighted by atomic mass is 10.2. The van der Waals surface area contributed by atoms with Crippen LogP contribution in [0.1, 0.15) is 13.3 Å². The van der Waals surface area contributed by atoms with Crippen molar-refractivity contribution in [2.75, 3.05) is 13.1 Å². The molecule has 0 saturated carbocycles. The standard InChI is InChI=1S/C8H16N2O/c1-3-4-5-10-6-7(2)8(9)11/h3,7,10H,1,4-6H2,2H3,(H2,9,11). The molecule has 3 N–H and O–H groups in total. The molecule has 0 aliphatic rings. The first kappa shape index (κ1) is 10.2. The summed E-state index contributed by atoms with van der Waals surface area (Å²) in [6.45, 7) is 6.91. The average molecular weight is 156 g/mol. The van der Waals surface area contributed by atoms with Gasteiger partial charge in [-0.2, -0.15) is 0 Å². The van der Waals surface area contributed by atoms with Gasteiger partial charge in [-0.15, -0.1) is 6.58 Å². The molecule has 0 saturated heterocycles. The summed E-state index contributed by atoms with van der Waals surface area (Å²) in [7, 11) is 0. The van der Waals surface area contributed by atoms with Crippen LogP contribution in [0.5, 0.6) is 0 Å². The van der Waals surface area contributed by atoms with Crippen LogP contribution >= 0.6 is 0 Å². The van der Waals surface area contributed by atoms with Crippen molar-refractivity contribution >= 4 is 5.91 Å². The van der Waals surface area contributed by atoms with Crippen LogP contribution in [0.3, 0.4) is 0 Å².